The summed E-state index contributed by atoms with van der Waals surface area (Å²) in [4.78, 5) is 2.61. The van der Waals surface area contributed by atoms with Gasteiger partial charge in [0.2, 0.25) is 0 Å². The van der Waals surface area contributed by atoms with Crippen LogP contribution in [-0.4, -0.2) is 25.2 Å². The predicted octanol–water partition coefficient (Wildman–Crippen LogP) is 5.32. The molecule has 0 N–H and O–H groups in total. The number of benzene rings is 2. The van der Waals surface area contributed by atoms with E-state index in [0.717, 1.165) is 30.0 Å². The second-order valence-corrected chi connectivity index (χ2v) is 7.17. The molecule has 3 heteroatoms. The summed E-state index contributed by atoms with van der Waals surface area (Å²) in [6.45, 7) is 9.65. The van der Waals surface area contributed by atoms with E-state index in [2.05, 4.69) is 61.7 Å². The third kappa shape index (κ3) is 3.49. The summed E-state index contributed by atoms with van der Waals surface area (Å²) in [5.41, 5.74) is 3.73. The summed E-state index contributed by atoms with van der Waals surface area (Å²) >= 11 is 0. The van der Waals surface area contributed by atoms with Gasteiger partial charge in [-0.05, 0) is 48.1 Å². The molecule has 3 unspecified atom stereocenters. The van der Waals surface area contributed by atoms with Crippen LogP contribution in [0.4, 0.5) is 0 Å². The summed E-state index contributed by atoms with van der Waals surface area (Å²) in [6, 6.07) is 15.7. The fourth-order valence-corrected chi connectivity index (χ4v) is 4.03. The lowest BCUT2D eigenvalue weighted by atomic mass is 9.94. The number of ether oxygens (including phenoxy) is 2. The summed E-state index contributed by atoms with van der Waals surface area (Å²) in [7, 11) is 3.36. The minimum atomic E-state index is 0.341. The minimum absolute atomic E-state index is 0.341. The molecular formula is C23H29NO2. The summed E-state index contributed by atoms with van der Waals surface area (Å²) in [5.74, 6) is 2.16. The van der Waals surface area contributed by atoms with Gasteiger partial charge < -0.3 is 9.47 Å². The van der Waals surface area contributed by atoms with Crippen LogP contribution < -0.4 is 9.47 Å². The predicted molar refractivity (Wildman–Crippen MR) is 108 cm³/mol. The highest BCUT2D eigenvalue weighted by Gasteiger charge is 2.37. The number of nitrogens with zero attached hydrogens (tertiary/aromatic N) is 1. The number of hydrogen-bond donors (Lipinski definition) is 0. The number of likely N-dealkylation sites (tertiary alicyclic amines) is 1. The van der Waals surface area contributed by atoms with Crippen molar-refractivity contribution in [3.05, 3.63) is 65.7 Å². The topological polar surface area (TPSA) is 21.7 Å². The molecule has 3 atom stereocenters. The molecule has 0 bridgehead atoms. The SMILES string of the molecule is C=Cc1cc(OC)c(OC)cc1C1CC(C)C(C)N1Cc1ccccc1. The Kier molecular flexibility index (Phi) is 5.67. The molecule has 3 nitrogen and oxygen atoms in total. The van der Waals surface area contributed by atoms with Crippen molar-refractivity contribution in [3.63, 3.8) is 0 Å². The fourth-order valence-electron chi connectivity index (χ4n) is 4.03. The van der Waals surface area contributed by atoms with Crippen LogP contribution in [0.3, 0.4) is 0 Å². The molecule has 138 valence electrons. The van der Waals surface area contributed by atoms with E-state index in [-0.39, 0.29) is 0 Å². The Morgan fingerprint density at radius 1 is 1.08 bits per heavy atom. The van der Waals surface area contributed by atoms with Crippen molar-refractivity contribution in [2.75, 3.05) is 14.2 Å². The molecule has 0 amide bonds. The molecule has 1 fully saturated rings. The second-order valence-electron chi connectivity index (χ2n) is 7.17. The van der Waals surface area contributed by atoms with Gasteiger partial charge in [-0.2, -0.15) is 0 Å². The van der Waals surface area contributed by atoms with Crippen LogP contribution in [0, 0.1) is 5.92 Å². The van der Waals surface area contributed by atoms with E-state index < -0.39 is 0 Å². The number of rotatable bonds is 6. The van der Waals surface area contributed by atoms with E-state index in [0.29, 0.717) is 18.0 Å². The molecule has 3 rings (SSSR count). The van der Waals surface area contributed by atoms with Gasteiger partial charge in [0.25, 0.3) is 0 Å². The smallest absolute Gasteiger partial charge is 0.161 e. The van der Waals surface area contributed by atoms with Crippen LogP contribution in [-0.2, 0) is 6.54 Å². The summed E-state index contributed by atoms with van der Waals surface area (Å²) in [5, 5.41) is 0. The van der Waals surface area contributed by atoms with E-state index >= 15 is 0 Å². The van der Waals surface area contributed by atoms with Crippen LogP contribution in [0.2, 0.25) is 0 Å². The lowest BCUT2D eigenvalue weighted by Gasteiger charge is -2.30. The average Bonchev–Trinajstić information content (AvgIpc) is 2.95. The van der Waals surface area contributed by atoms with Gasteiger partial charge in [-0.3, -0.25) is 4.90 Å². The maximum absolute atomic E-state index is 5.57. The molecular weight excluding hydrogens is 322 g/mol. The molecule has 26 heavy (non-hydrogen) atoms. The first-order valence-electron chi connectivity index (χ1n) is 9.27. The maximum atomic E-state index is 5.57. The first-order valence-corrected chi connectivity index (χ1v) is 9.27. The Hall–Kier alpha value is -2.26. The molecule has 1 aliphatic rings. The molecule has 0 saturated carbocycles. The van der Waals surface area contributed by atoms with Crippen LogP contribution in [0.1, 0.15) is 43.0 Å². The van der Waals surface area contributed by atoms with Crippen molar-refractivity contribution < 1.29 is 9.47 Å². The Balaban J connectivity index is 2.01. The van der Waals surface area contributed by atoms with Gasteiger partial charge in [0.05, 0.1) is 14.2 Å². The molecule has 2 aromatic rings. The van der Waals surface area contributed by atoms with Crippen LogP contribution in [0.15, 0.2) is 49.0 Å². The third-order valence-corrected chi connectivity index (χ3v) is 5.72. The first-order chi connectivity index (χ1) is 12.6. The molecule has 1 heterocycles. The number of hydrogen-bond acceptors (Lipinski definition) is 3. The van der Waals surface area contributed by atoms with Gasteiger partial charge >= 0.3 is 0 Å². The van der Waals surface area contributed by atoms with Crippen molar-refractivity contribution in [1.29, 1.82) is 0 Å². The first kappa shape index (κ1) is 18.5. The molecule has 1 aliphatic heterocycles. The highest BCUT2D eigenvalue weighted by molar-refractivity contribution is 5.60. The van der Waals surface area contributed by atoms with Crippen molar-refractivity contribution >= 4 is 6.08 Å². The zero-order chi connectivity index (χ0) is 18.7. The fraction of sp³-hybridized carbons (Fsp3) is 0.391. The van der Waals surface area contributed by atoms with Crippen LogP contribution >= 0.6 is 0 Å². The van der Waals surface area contributed by atoms with E-state index in [1.165, 1.54) is 11.1 Å². The second kappa shape index (κ2) is 7.96. The molecule has 2 aromatic carbocycles. The van der Waals surface area contributed by atoms with Crippen molar-refractivity contribution in [1.82, 2.24) is 4.90 Å². The maximum Gasteiger partial charge on any atom is 0.161 e. The van der Waals surface area contributed by atoms with Crippen LogP contribution in [0.5, 0.6) is 11.5 Å². The normalized spacial score (nSPS) is 23.0. The third-order valence-electron chi connectivity index (χ3n) is 5.72. The lowest BCUT2D eigenvalue weighted by Crippen LogP contribution is -2.31. The highest BCUT2D eigenvalue weighted by atomic mass is 16.5. The van der Waals surface area contributed by atoms with Gasteiger partial charge in [-0.15, -0.1) is 0 Å². The Bertz CT molecular complexity index is 756. The molecule has 1 saturated heterocycles. The molecule has 0 aliphatic carbocycles. The van der Waals surface area contributed by atoms with E-state index in [4.69, 9.17) is 9.47 Å². The van der Waals surface area contributed by atoms with E-state index in [1.54, 1.807) is 14.2 Å². The Morgan fingerprint density at radius 2 is 1.73 bits per heavy atom. The quantitative estimate of drug-likeness (QED) is 0.703. The molecule has 0 aromatic heterocycles. The largest absolute Gasteiger partial charge is 0.493 e. The summed E-state index contributed by atoms with van der Waals surface area (Å²) in [6.07, 6.45) is 3.05. The van der Waals surface area contributed by atoms with Crippen LogP contribution in [0.25, 0.3) is 6.08 Å². The van der Waals surface area contributed by atoms with Gasteiger partial charge in [0.1, 0.15) is 0 Å². The lowest BCUT2D eigenvalue weighted by molar-refractivity contribution is 0.185. The Morgan fingerprint density at radius 3 is 2.35 bits per heavy atom. The average molecular weight is 351 g/mol. The minimum Gasteiger partial charge on any atom is -0.493 e. The van der Waals surface area contributed by atoms with Gasteiger partial charge in [0.15, 0.2) is 11.5 Å². The van der Waals surface area contributed by atoms with Crippen molar-refractivity contribution in [2.24, 2.45) is 5.92 Å². The van der Waals surface area contributed by atoms with Crippen molar-refractivity contribution in [2.45, 2.75) is 38.9 Å². The molecule has 0 spiro atoms. The zero-order valence-corrected chi connectivity index (χ0v) is 16.2. The van der Waals surface area contributed by atoms with Crippen molar-refractivity contribution in [3.8, 4) is 11.5 Å². The van der Waals surface area contributed by atoms with E-state index in [9.17, 15) is 0 Å². The van der Waals surface area contributed by atoms with Gasteiger partial charge in [-0.1, -0.05) is 49.9 Å². The van der Waals surface area contributed by atoms with E-state index in [1.807, 2.05) is 12.1 Å². The highest BCUT2D eigenvalue weighted by Crippen LogP contribution is 2.44. The Labute approximate surface area is 157 Å². The van der Waals surface area contributed by atoms with Gasteiger partial charge in [0, 0.05) is 18.6 Å². The summed E-state index contributed by atoms with van der Waals surface area (Å²) < 4.78 is 11.0. The standard InChI is InChI=1S/C23H29NO2/c1-6-19-13-22(25-4)23(26-5)14-20(19)21-12-16(2)17(3)24(21)15-18-10-8-7-9-11-18/h6-11,13-14,16-17,21H,1,12,15H2,2-5H3. The number of methoxy groups -OCH3 is 2. The molecule has 0 radical (unpaired) electrons. The van der Waals surface area contributed by atoms with Gasteiger partial charge in [-0.25, -0.2) is 0 Å². The monoisotopic (exact) mass is 351 g/mol. The zero-order valence-electron chi connectivity index (χ0n) is 16.2.